The lowest BCUT2D eigenvalue weighted by Crippen LogP contribution is -2.42. The third-order valence-corrected chi connectivity index (χ3v) is 5.34. The summed E-state index contributed by atoms with van der Waals surface area (Å²) in [5, 5.41) is 0. The number of ketones is 1. The minimum atomic E-state index is -0.449. The summed E-state index contributed by atoms with van der Waals surface area (Å²) in [6.45, 7) is 3.97. The summed E-state index contributed by atoms with van der Waals surface area (Å²) in [5.41, 5.74) is 0.499. The van der Waals surface area contributed by atoms with Crippen LogP contribution in [0.15, 0.2) is 30.9 Å². The van der Waals surface area contributed by atoms with Crippen molar-refractivity contribution < 1.29 is 14.3 Å². The molecular formula is C16H19BrO3. The fourth-order valence-electron chi connectivity index (χ4n) is 2.94. The van der Waals surface area contributed by atoms with E-state index in [9.17, 15) is 4.79 Å². The van der Waals surface area contributed by atoms with Gasteiger partial charge >= 0.3 is 0 Å². The van der Waals surface area contributed by atoms with Crippen LogP contribution in [0.25, 0.3) is 0 Å². The molecule has 0 radical (unpaired) electrons. The maximum Gasteiger partial charge on any atom is 0.164 e. The molecule has 108 valence electrons. The van der Waals surface area contributed by atoms with Gasteiger partial charge in [0.25, 0.3) is 0 Å². The van der Waals surface area contributed by atoms with Gasteiger partial charge in [-0.3, -0.25) is 4.79 Å². The summed E-state index contributed by atoms with van der Waals surface area (Å²) in [7, 11) is 3.23. The standard InChI is InChI=1S/C16H19BrO3/c1-4-16(10-6-8-12(18)15(16)17)11-7-5-9-13(19-2)14(11)20-3/h4-5,7,9,15H,1,6,8,10H2,2-3H3/t15-,16+/m1/s1. The fraction of sp³-hybridized carbons (Fsp3) is 0.438. The lowest BCUT2D eigenvalue weighted by atomic mass is 9.68. The maximum atomic E-state index is 12.1. The predicted octanol–water partition coefficient (Wildman–Crippen LogP) is 3.64. The molecule has 1 saturated carbocycles. The summed E-state index contributed by atoms with van der Waals surface area (Å²) < 4.78 is 10.9. The molecule has 0 bridgehead atoms. The first-order valence-electron chi connectivity index (χ1n) is 6.62. The van der Waals surface area contributed by atoms with Gasteiger partial charge in [-0.05, 0) is 18.9 Å². The molecule has 0 N–H and O–H groups in total. The molecule has 1 aromatic rings. The van der Waals surface area contributed by atoms with E-state index >= 15 is 0 Å². The van der Waals surface area contributed by atoms with Crippen molar-refractivity contribution >= 4 is 21.7 Å². The number of hydrogen-bond acceptors (Lipinski definition) is 3. The van der Waals surface area contributed by atoms with Crippen LogP contribution in [0.3, 0.4) is 0 Å². The van der Waals surface area contributed by atoms with Crippen LogP contribution in [-0.2, 0) is 10.2 Å². The van der Waals surface area contributed by atoms with E-state index in [-0.39, 0.29) is 10.6 Å². The zero-order valence-electron chi connectivity index (χ0n) is 11.8. The smallest absolute Gasteiger partial charge is 0.164 e. The van der Waals surface area contributed by atoms with Gasteiger partial charge in [0.2, 0.25) is 0 Å². The fourth-order valence-corrected chi connectivity index (χ4v) is 3.83. The number of para-hydroxylation sites is 1. The van der Waals surface area contributed by atoms with Gasteiger partial charge in [0.15, 0.2) is 11.5 Å². The normalized spacial score (nSPS) is 26.1. The number of Topliss-reactive ketones (excluding diaryl/α,β-unsaturated/α-hetero) is 1. The average Bonchev–Trinajstić information content (AvgIpc) is 2.49. The van der Waals surface area contributed by atoms with E-state index in [1.807, 2.05) is 24.3 Å². The molecule has 20 heavy (non-hydrogen) atoms. The number of halogens is 1. The molecule has 1 aliphatic rings. The van der Waals surface area contributed by atoms with Crippen LogP contribution in [0.1, 0.15) is 24.8 Å². The molecule has 0 aromatic heterocycles. The SMILES string of the molecule is C=C[C@@]1(c2cccc(OC)c2OC)CCCC(=O)[C@H]1Br. The third-order valence-electron chi connectivity index (χ3n) is 4.02. The number of rotatable bonds is 4. The summed E-state index contributed by atoms with van der Waals surface area (Å²) in [6.07, 6.45) is 4.19. The molecule has 2 atom stereocenters. The summed E-state index contributed by atoms with van der Waals surface area (Å²) >= 11 is 3.57. The number of benzene rings is 1. The quantitative estimate of drug-likeness (QED) is 0.621. The second-order valence-corrected chi connectivity index (χ2v) is 5.88. The molecule has 1 fully saturated rings. The molecule has 4 heteroatoms. The third kappa shape index (κ3) is 2.26. The Balaban J connectivity index is 2.62. The van der Waals surface area contributed by atoms with Crippen molar-refractivity contribution in [3.63, 3.8) is 0 Å². The zero-order chi connectivity index (χ0) is 14.8. The Morgan fingerprint density at radius 1 is 1.40 bits per heavy atom. The first-order chi connectivity index (χ1) is 9.60. The molecule has 1 aliphatic carbocycles. The van der Waals surface area contributed by atoms with Gasteiger partial charge in [-0.1, -0.05) is 34.1 Å². The van der Waals surface area contributed by atoms with Gasteiger partial charge in [0.1, 0.15) is 5.78 Å². The highest BCUT2D eigenvalue weighted by atomic mass is 79.9. The Labute approximate surface area is 128 Å². The van der Waals surface area contributed by atoms with E-state index in [2.05, 4.69) is 22.5 Å². The number of ether oxygens (including phenoxy) is 2. The molecule has 3 nitrogen and oxygen atoms in total. The molecule has 0 spiro atoms. The Morgan fingerprint density at radius 3 is 2.75 bits per heavy atom. The Bertz CT molecular complexity index is 526. The minimum absolute atomic E-state index is 0.209. The van der Waals surface area contributed by atoms with E-state index in [1.54, 1.807) is 14.2 Å². The van der Waals surface area contributed by atoms with Gasteiger partial charge in [-0.2, -0.15) is 0 Å². The predicted molar refractivity (Wildman–Crippen MR) is 83.0 cm³/mol. The number of carbonyl (C=O) groups is 1. The van der Waals surface area contributed by atoms with Gasteiger partial charge in [0.05, 0.1) is 19.0 Å². The second kappa shape index (κ2) is 6.00. The van der Waals surface area contributed by atoms with Crippen LogP contribution in [-0.4, -0.2) is 24.8 Å². The van der Waals surface area contributed by atoms with Crippen molar-refractivity contribution in [2.45, 2.75) is 29.5 Å². The van der Waals surface area contributed by atoms with Crippen LogP contribution >= 0.6 is 15.9 Å². The molecule has 0 saturated heterocycles. The molecule has 0 heterocycles. The molecule has 0 unspecified atom stereocenters. The lowest BCUT2D eigenvalue weighted by molar-refractivity contribution is -0.120. The van der Waals surface area contributed by atoms with Gasteiger partial charge in [0, 0.05) is 17.4 Å². The Morgan fingerprint density at radius 2 is 2.15 bits per heavy atom. The Kier molecular flexibility index (Phi) is 4.53. The van der Waals surface area contributed by atoms with Crippen molar-refractivity contribution in [1.29, 1.82) is 0 Å². The monoisotopic (exact) mass is 338 g/mol. The highest BCUT2D eigenvalue weighted by Crippen LogP contribution is 2.48. The minimum Gasteiger partial charge on any atom is -0.493 e. The molecule has 1 aromatic carbocycles. The van der Waals surface area contributed by atoms with Gasteiger partial charge in [-0.15, -0.1) is 6.58 Å². The zero-order valence-corrected chi connectivity index (χ0v) is 13.4. The number of hydrogen-bond donors (Lipinski definition) is 0. The second-order valence-electron chi connectivity index (χ2n) is 4.97. The van der Waals surface area contributed by atoms with Crippen molar-refractivity contribution in [2.24, 2.45) is 0 Å². The highest BCUT2D eigenvalue weighted by Gasteiger charge is 2.45. The van der Waals surface area contributed by atoms with E-state index in [0.29, 0.717) is 17.9 Å². The van der Waals surface area contributed by atoms with Crippen LogP contribution in [0.5, 0.6) is 11.5 Å². The first-order valence-corrected chi connectivity index (χ1v) is 7.54. The van der Waals surface area contributed by atoms with E-state index in [1.165, 1.54) is 0 Å². The summed E-state index contributed by atoms with van der Waals surface area (Å²) in [4.78, 5) is 11.9. The maximum absolute atomic E-state index is 12.1. The van der Waals surface area contributed by atoms with Gasteiger partial charge < -0.3 is 9.47 Å². The molecular weight excluding hydrogens is 320 g/mol. The average molecular weight is 339 g/mol. The Hall–Kier alpha value is -1.29. The summed E-state index contributed by atoms with van der Waals surface area (Å²) in [6, 6.07) is 5.75. The number of carbonyl (C=O) groups excluding carboxylic acids is 1. The largest absolute Gasteiger partial charge is 0.493 e. The number of allylic oxidation sites excluding steroid dienone is 1. The van der Waals surface area contributed by atoms with Crippen molar-refractivity contribution in [3.8, 4) is 11.5 Å². The topological polar surface area (TPSA) is 35.5 Å². The number of alkyl halides is 1. The number of methoxy groups -OCH3 is 2. The van der Waals surface area contributed by atoms with Crippen molar-refractivity contribution in [1.82, 2.24) is 0 Å². The van der Waals surface area contributed by atoms with Crippen molar-refractivity contribution in [3.05, 3.63) is 36.4 Å². The van der Waals surface area contributed by atoms with E-state index in [0.717, 1.165) is 18.4 Å². The first kappa shape index (κ1) is 15.1. The molecule has 0 aliphatic heterocycles. The van der Waals surface area contributed by atoms with Crippen molar-refractivity contribution in [2.75, 3.05) is 14.2 Å². The molecule has 2 rings (SSSR count). The van der Waals surface area contributed by atoms with E-state index in [4.69, 9.17) is 9.47 Å². The molecule has 0 amide bonds. The van der Waals surface area contributed by atoms with Crippen LogP contribution in [0.2, 0.25) is 0 Å². The van der Waals surface area contributed by atoms with E-state index < -0.39 is 5.41 Å². The van der Waals surface area contributed by atoms with Crippen LogP contribution in [0.4, 0.5) is 0 Å². The van der Waals surface area contributed by atoms with Crippen LogP contribution < -0.4 is 9.47 Å². The summed E-state index contributed by atoms with van der Waals surface area (Å²) in [5.74, 6) is 1.55. The highest BCUT2D eigenvalue weighted by molar-refractivity contribution is 9.10. The van der Waals surface area contributed by atoms with Crippen LogP contribution in [0, 0.1) is 0 Å². The lowest BCUT2D eigenvalue weighted by Gasteiger charge is -2.39. The van der Waals surface area contributed by atoms with Gasteiger partial charge in [-0.25, -0.2) is 0 Å².